The van der Waals surface area contributed by atoms with Gasteiger partial charge in [-0.3, -0.25) is 0 Å². The van der Waals surface area contributed by atoms with Crippen molar-refractivity contribution < 1.29 is 33.2 Å². The zero-order chi connectivity index (χ0) is 19.7. The molecule has 0 unspecified atom stereocenters. The Labute approximate surface area is 168 Å². The highest BCUT2D eigenvalue weighted by atomic mass is 16.7. The van der Waals surface area contributed by atoms with Gasteiger partial charge in [0.25, 0.3) is 0 Å². The molecule has 2 aromatic carbocycles. The van der Waals surface area contributed by atoms with Crippen LogP contribution in [0.4, 0.5) is 0 Å². The van der Waals surface area contributed by atoms with Crippen LogP contribution in [-0.4, -0.2) is 34.4 Å². The monoisotopic (exact) mass is 398 g/mol. The Kier molecular flexibility index (Phi) is 3.59. The average Bonchev–Trinajstić information content (AvgIpc) is 3.46. The fourth-order valence-corrected chi connectivity index (χ4v) is 5.08. The SMILES string of the molecule is COc1c2c(cc3c1-c1c(cc4c(c1OC)OCO4)[C@H]1OC[C@@H](C3)[C@@H]1C)OCO2. The molecule has 1 aliphatic carbocycles. The first-order valence-corrected chi connectivity index (χ1v) is 9.83. The summed E-state index contributed by atoms with van der Waals surface area (Å²) in [6.45, 7) is 3.31. The summed E-state index contributed by atoms with van der Waals surface area (Å²) in [6.07, 6.45) is 0.804. The standard InChI is InChI=1S/C22H22O7/c1-10-12-4-11-5-14-19(28-8-26-14)21(23-2)16(11)17-13(18(10)25-7-12)6-15-20(22(17)24-3)29-9-27-15/h5-6,10,12,18H,4,7-9H2,1-3H3/t10-,12+,18-/m0/s1. The first kappa shape index (κ1) is 17.1. The summed E-state index contributed by atoms with van der Waals surface area (Å²) in [5.41, 5.74) is 4.03. The molecule has 6 rings (SSSR count). The van der Waals surface area contributed by atoms with E-state index in [1.165, 1.54) is 0 Å². The molecule has 2 bridgehead atoms. The highest BCUT2D eigenvalue weighted by Gasteiger charge is 2.43. The molecular weight excluding hydrogens is 376 g/mol. The van der Waals surface area contributed by atoms with Gasteiger partial charge in [-0.05, 0) is 41.5 Å². The normalized spacial score (nSPS) is 25.1. The van der Waals surface area contributed by atoms with Crippen LogP contribution in [0, 0.1) is 11.8 Å². The first-order valence-electron chi connectivity index (χ1n) is 9.83. The fraction of sp³-hybridized carbons (Fsp3) is 0.455. The number of rotatable bonds is 2. The molecule has 3 atom stereocenters. The summed E-state index contributed by atoms with van der Waals surface area (Å²) < 4.78 is 41.0. The zero-order valence-corrected chi connectivity index (χ0v) is 16.6. The number of hydrogen-bond acceptors (Lipinski definition) is 7. The van der Waals surface area contributed by atoms with Crippen molar-refractivity contribution in [3.8, 4) is 45.6 Å². The van der Waals surface area contributed by atoms with Crippen LogP contribution in [0.3, 0.4) is 0 Å². The van der Waals surface area contributed by atoms with Crippen molar-refractivity contribution in [3.05, 3.63) is 23.3 Å². The van der Waals surface area contributed by atoms with E-state index in [9.17, 15) is 0 Å². The highest BCUT2D eigenvalue weighted by Crippen LogP contribution is 2.60. The topological polar surface area (TPSA) is 64.6 Å². The van der Waals surface area contributed by atoms with E-state index in [2.05, 4.69) is 13.0 Å². The van der Waals surface area contributed by atoms with Crippen molar-refractivity contribution in [2.24, 2.45) is 11.8 Å². The summed E-state index contributed by atoms with van der Waals surface area (Å²) in [5.74, 6) is 4.67. The van der Waals surface area contributed by atoms with E-state index in [0.29, 0.717) is 52.9 Å². The maximum Gasteiger partial charge on any atom is 0.231 e. The minimum absolute atomic E-state index is 0.0540. The molecule has 0 radical (unpaired) electrons. The fourth-order valence-electron chi connectivity index (χ4n) is 5.08. The van der Waals surface area contributed by atoms with E-state index in [1.54, 1.807) is 14.2 Å². The molecule has 3 heterocycles. The third-order valence-electron chi connectivity index (χ3n) is 6.51. The van der Waals surface area contributed by atoms with E-state index >= 15 is 0 Å². The predicted molar refractivity (Wildman–Crippen MR) is 102 cm³/mol. The van der Waals surface area contributed by atoms with Gasteiger partial charge >= 0.3 is 0 Å². The Balaban J connectivity index is 1.74. The lowest BCUT2D eigenvalue weighted by atomic mass is 9.77. The Morgan fingerprint density at radius 1 is 0.862 bits per heavy atom. The van der Waals surface area contributed by atoms with Crippen LogP contribution in [0.15, 0.2) is 12.1 Å². The zero-order valence-electron chi connectivity index (χ0n) is 16.6. The first-order chi connectivity index (χ1) is 14.2. The van der Waals surface area contributed by atoms with Gasteiger partial charge in [-0.1, -0.05) is 6.92 Å². The number of ether oxygens (including phenoxy) is 7. The molecular formula is C22H22O7. The Morgan fingerprint density at radius 3 is 2.21 bits per heavy atom. The molecule has 29 heavy (non-hydrogen) atoms. The molecule has 152 valence electrons. The predicted octanol–water partition coefficient (Wildman–Crippen LogP) is 3.71. The highest BCUT2D eigenvalue weighted by molar-refractivity contribution is 5.89. The summed E-state index contributed by atoms with van der Waals surface area (Å²) in [4.78, 5) is 0. The number of methoxy groups -OCH3 is 2. The largest absolute Gasteiger partial charge is 0.492 e. The van der Waals surface area contributed by atoms with E-state index in [0.717, 1.165) is 28.7 Å². The summed E-state index contributed by atoms with van der Waals surface area (Å²) in [7, 11) is 3.31. The smallest absolute Gasteiger partial charge is 0.231 e. The van der Waals surface area contributed by atoms with Crippen molar-refractivity contribution in [1.29, 1.82) is 0 Å². The molecule has 0 spiro atoms. The van der Waals surface area contributed by atoms with Crippen LogP contribution >= 0.6 is 0 Å². The van der Waals surface area contributed by atoms with Crippen molar-refractivity contribution in [2.45, 2.75) is 19.4 Å². The van der Waals surface area contributed by atoms with Gasteiger partial charge in [0.05, 0.1) is 26.9 Å². The van der Waals surface area contributed by atoms with Gasteiger partial charge in [0.1, 0.15) is 0 Å². The van der Waals surface area contributed by atoms with E-state index in [-0.39, 0.29) is 19.7 Å². The van der Waals surface area contributed by atoms with Crippen molar-refractivity contribution in [2.75, 3.05) is 34.4 Å². The Morgan fingerprint density at radius 2 is 1.52 bits per heavy atom. The van der Waals surface area contributed by atoms with Crippen LogP contribution in [-0.2, 0) is 11.2 Å². The Hall–Kier alpha value is -2.80. The van der Waals surface area contributed by atoms with Crippen molar-refractivity contribution >= 4 is 0 Å². The van der Waals surface area contributed by atoms with Gasteiger partial charge in [-0.25, -0.2) is 0 Å². The average molecular weight is 398 g/mol. The number of benzene rings is 2. The lowest BCUT2D eigenvalue weighted by Gasteiger charge is -2.29. The van der Waals surface area contributed by atoms with Crippen LogP contribution in [0.1, 0.15) is 24.2 Å². The summed E-state index contributed by atoms with van der Waals surface area (Å²) in [5, 5.41) is 0. The molecule has 7 heteroatoms. The van der Waals surface area contributed by atoms with Gasteiger partial charge in [-0.15, -0.1) is 0 Å². The lowest BCUT2D eigenvalue weighted by molar-refractivity contribution is 0.0937. The Bertz CT molecular complexity index is 1020. The van der Waals surface area contributed by atoms with Gasteiger partial charge in [0, 0.05) is 11.1 Å². The molecule has 3 aliphatic heterocycles. The maximum atomic E-state index is 6.29. The van der Waals surface area contributed by atoms with Crippen LogP contribution in [0.2, 0.25) is 0 Å². The minimum atomic E-state index is -0.0540. The van der Waals surface area contributed by atoms with Gasteiger partial charge in [0.2, 0.25) is 25.1 Å². The molecule has 1 fully saturated rings. The molecule has 0 N–H and O–H groups in total. The summed E-state index contributed by atoms with van der Waals surface area (Å²) in [6, 6.07) is 4.10. The molecule has 0 saturated carbocycles. The van der Waals surface area contributed by atoms with Crippen LogP contribution in [0.5, 0.6) is 34.5 Å². The van der Waals surface area contributed by atoms with E-state index < -0.39 is 0 Å². The van der Waals surface area contributed by atoms with E-state index in [1.807, 2.05) is 6.07 Å². The van der Waals surface area contributed by atoms with Crippen LogP contribution in [0.25, 0.3) is 11.1 Å². The summed E-state index contributed by atoms with van der Waals surface area (Å²) >= 11 is 0. The number of fused-ring (bicyclic) bond motifs is 8. The molecule has 0 aromatic heterocycles. The quantitative estimate of drug-likeness (QED) is 0.764. The minimum Gasteiger partial charge on any atom is -0.492 e. The van der Waals surface area contributed by atoms with Gasteiger partial charge in [-0.2, -0.15) is 0 Å². The lowest BCUT2D eigenvalue weighted by Crippen LogP contribution is -2.18. The third-order valence-corrected chi connectivity index (χ3v) is 6.51. The molecule has 1 saturated heterocycles. The van der Waals surface area contributed by atoms with Crippen molar-refractivity contribution in [1.82, 2.24) is 0 Å². The second kappa shape index (κ2) is 6.10. The van der Waals surface area contributed by atoms with Gasteiger partial charge in [0.15, 0.2) is 23.0 Å². The molecule has 2 aromatic rings. The van der Waals surface area contributed by atoms with E-state index in [4.69, 9.17) is 33.2 Å². The van der Waals surface area contributed by atoms with Crippen molar-refractivity contribution in [3.63, 3.8) is 0 Å². The maximum absolute atomic E-state index is 6.29. The molecule has 0 amide bonds. The third kappa shape index (κ3) is 2.22. The molecule has 4 aliphatic rings. The number of hydrogen-bond donors (Lipinski definition) is 0. The van der Waals surface area contributed by atoms with Crippen LogP contribution < -0.4 is 28.4 Å². The second-order valence-corrected chi connectivity index (χ2v) is 7.86. The second-order valence-electron chi connectivity index (χ2n) is 7.86. The van der Waals surface area contributed by atoms with Gasteiger partial charge < -0.3 is 33.2 Å². The molecule has 7 nitrogen and oxygen atoms in total.